The molecule has 0 aliphatic rings. The normalized spacial score (nSPS) is 12.2. The van der Waals surface area contributed by atoms with Crippen LogP contribution in [0, 0.1) is 13.8 Å². The van der Waals surface area contributed by atoms with E-state index < -0.39 is 0 Å². The molecule has 0 radical (unpaired) electrons. The first kappa shape index (κ1) is 12.8. The lowest BCUT2D eigenvalue weighted by Crippen LogP contribution is -2.11. The molecule has 18 heavy (non-hydrogen) atoms. The fraction of sp³-hybridized carbons (Fsp3) is 0.385. The Morgan fingerprint density at radius 2 is 1.94 bits per heavy atom. The third-order valence-corrected chi connectivity index (χ3v) is 3.59. The SMILES string of the molecule is CNc1nc(C)nc(NC(C)c2ccsc2)c1C. The molecule has 0 spiro atoms. The van der Waals surface area contributed by atoms with Gasteiger partial charge < -0.3 is 10.6 Å². The highest BCUT2D eigenvalue weighted by Crippen LogP contribution is 2.25. The molecule has 2 heterocycles. The van der Waals surface area contributed by atoms with Gasteiger partial charge in [0.1, 0.15) is 17.5 Å². The molecule has 2 N–H and O–H groups in total. The molecule has 0 amide bonds. The molecule has 5 heteroatoms. The van der Waals surface area contributed by atoms with Gasteiger partial charge in [-0.25, -0.2) is 9.97 Å². The van der Waals surface area contributed by atoms with Crippen LogP contribution in [0.15, 0.2) is 16.8 Å². The van der Waals surface area contributed by atoms with Crippen LogP contribution >= 0.6 is 11.3 Å². The summed E-state index contributed by atoms with van der Waals surface area (Å²) in [7, 11) is 1.88. The molecule has 0 aromatic carbocycles. The third kappa shape index (κ3) is 2.61. The molecule has 1 unspecified atom stereocenters. The summed E-state index contributed by atoms with van der Waals surface area (Å²) in [5, 5.41) is 10.8. The zero-order valence-electron chi connectivity index (χ0n) is 11.1. The summed E-state index contributed by atoms with van der Waals surface area (Å²) in [4.78, 5) is 8.83. The van der Waals surface area contributed by atoms with Gasteiger partial charge in [-0.1, -0.05) is 0 Å². The first-order valence-electron chi connectivity index (χ1n) is 5.93. The molecule has 2 rings (SSSR count). The maximum Gasteiger partial charge on any atom is 0.135 e. The topological polar surface area (TPSA) is 49.8 Å². The molecule has 0 saturated heterocycles. The largest absolute Gasteiger partial charge is 0.373 e. The fourth-order valence-electron chi connectivity index (χ4n) is 1.82. The van der Waals surface area contributed by atoms with E-state index in [4.69, 9.17) is 0 Å². The predicted octanol–water partition coefficient (Wildman–Crippen LogP) is 3.37. The van der Waals surface area contributed by atoms with Crippen molar-refractivity contribution in [2.24, 2.45) is 0 Å². The summed E-state index contributed by atoms with van der Waals surface area (Å²) in [5.74, 6) is 2.54. The van der Waals surface area contributed by atoms with Gasteiger partial charge in [0.2, 0.25) is 0 Å². The molecule has 0 aliphatic heterocycles. The number of nitrogens with one attached hydrogen (secondary N) is 2. The number of thiophene rings is 1. The minimum atomic E-state index is 0.244. The molecule has 2 aromatic heterocycles. The van der Waals surface area contributed by atoms with Gasteiger partial charge in [-0.15, -0.1) is 0 Å². The van der Waals surface area contributed by atoms with Gasteiger partial charge in [0, 0.05) is 12.6 Å². The highest BCUT2D eigenvalue weighted by Gasteiger charge is 2.12. The van der Waals surface area contributed by atoms with Crippen LogP contribution in [-0.2, 0) is 0 Å². The summed E-state index contributed by atoms with van der Waals surface area (Å²) in [6, 6.07) is 2.37. The van der Waals surface area contributed by atoms with Crippen LogP contribution in [0.25, 0.3) is 0 Å². The molecule has 1 atom stereocenters. The molecule has 0 bridgehead atoms. The Balaban J connectivity index is 2.26. The zero-order valence-corrected chi connectivity index (χ0v) is 11.9. The van der Waals surface area contributed by atoms with Crippen molar-refractivity contribution in [3.63, 3.8) is 0 Å². The second kappa shape index (κ2) is 5.35. The Kier molecular flexibility index (Phi) is 3.81. The van der Waals surface area contributed by atoms with E-state index >= 15 is 0 Å². The van der Waals surface area contributed by atoms with E-state index in [1.54, 1.807) is 11.3 Å². The van der Waals surface area contributed by atoms with Crippen LogP contribution in [0.1, 0.15) is 29.9 Å². The minimum absolute atomic E-state index is 0.244. The third-order valence-electron chi connectivity index (χ3n) is 2.89. The molecule has 4 nitrogen and oxygen atoms in total. The van der Waals surface area contributed by atoms with Gasteiger partial charge in [-0.2, -0.15) is 11.3 Å². The van der Waals surface area contributed by atoms with Gasteiger partial charge in [0.05, 0.1) is 6.04 Å². The van der Waals surface area contributed by atoms with Crippen molar-refractivity contribution in [1.82, 2.24) is 9.97 Å². The number of hydrogen-bond donors (Lipinski definition) is 2. The standard InChI is InChI=1S/C13H18N4S/c1-8-12(14-4)16-10(3)17-13(8)15-9(2)11-5-6-18-7-11/h5-7,9H,1-4H3,(H2,14,15,16,17). The Labute approximate surface area is 111 Å². The number of rotatable bonds is 4. The number of aromatic nitrogens is 2. The van der Waals surface area contributed by atoms with E-state index in [0.29, 0.717) is 0 Å². The van der Waals surface area contributed by atoms with Crippen LogP contribution in [0.2, 0.25) is 0 Å². The van der Waals surface area contributed by atoms with Crippen LogP contribution in [0.5, 0.6) is 0 Å². The number of hydrogen-bond acceptors (Lipinski definition) is 5. The van der Waals surface area contributed by atoms with E-state index in [9.17, 15) is 0 Å². The van der Waals surface area contributed by atoms with Gasteiger partial charge >= 0.3 is 0 Å². The minimum Gasteiger partial charge on any atom is -0.373 e. The van der Waals surface area contributed by atoms with E-state index in [0.717, 1.165) is 23.0 Å². The van der Waals surface area contributed by atoms with E-state index in [1.807, 2.05) is 20.9 Å². The van der Waals surface area contributed by atoms with Gasteiger partial charge in [-0.05, 0) is 43.2 Å². The van der Waals surface area contributed by atoms with Crippen LogP contribution in [0.4, 0.5) is 11.6 Å². The average Bonchev–Trinajstić information content (AvgIpc) is 2.87. The Hall–Kier alpha value is -1.62. The van der Waals surface area contributed by atoms with E-state index in [-0.39, 0.29) is 6.04 Å². The van der Waals surface area contributed by atoms with Crippen molar-refractivity contribution in [3.8, 4) is 0 Å². The van der Waals surface area contributed by atoms with Crippen molar-refractivity contribution in [2.75, 3.05) is 17.7 Å². The Bertz CT molecular complexity index is 522. The lowest BCUT2D eigenvalue weighted by molar-refractivity contribution is 0.867. The fourth-order valence-corrected chi connectivity index (χ4v) is 2.58. The highest BCUT2D eigenvalue weighted by atomic mass is 32.1. The predicted molar refractivity (Wildman–Crippen MR) is 77.4 cm³/mol. The van der Waals surface area contributed by atoms with Crippen LogP contribution in [-0.4, -0.2) is 17.0 Å². The summed E-state index contributed by atoms with van der Waals surface area (Å²) in [6.07, 6.45) is 0. The molecule has 0 aliphatic carbocycles. The van der Waals surface area contributed by atoms with Crippen LogP contribution in [0.3, 0.4) is 0 Å². The second-order valence-corrected chi connectivity index (χ2v) is 5.05. The molecular weight excluding hydrogens is 244 g/mol. The van der Waals surface area contributed by atoms with Crippen molar-refractivity contribution < 1.29 is 0 Å². The van der Waals surface area contributed by atoms with E-state index in [1.165, 1.54) is 5.56 Å². The number of nitrogens with zero attached hydrogens (tertiary/aromatic N) is 2. The second-order valence-electron chi connectivity index (χ2n) is 4.27. The number of aryl methyl sites for hydroxylation is 1. The zero-order chi connectivity index (χ0) is 13.1. The highest BCUT2D eigenvalue weighted by molar-refractivity contribution is 7.07. The summed E-state index contributed by atoms with van der Waals surface area (Å²) in [5.41, 5.74) is 2.33. The van der Waals surface area contributed by atoms with Gasteiger partial charge in [-0.3, -0.25) is 0 Å². The lowest BCUT2D eigenvalue weighted by atomic mass is 10.2. The molecule has 96 valence electrons. The molecule has 2 aromatic rings. The average molecular weight is 262 g/mol. The molecule has 0 saturated carbocycles. The molecular formula is C13H18N4S. The quantitative estimate of drug-likeness (QED) is 0.887. The van der Waals surface area contributed by atoms with Crippen molar-refractivity contribution in [1.29, 1.82) is 0 Å². The Morgan fingerprint density at radius 3 is 2.56 bits per heavy atom. The number of anilines is 2. The maximum absolute atomic E-state index is 4.47. The molecule has 0 fully saturated rings. The van der Waals surface area contributed by atoms with Gasteiger partial charge in [0.15, 0.2) is 0 Å². The van der Waals surface area contributed by atoms with Crippen LogP contribution < -0.4 is 10.6 Å². The van der Waals surface area contributed by atoms with Crippen molar-refractivity contribution in [3.05, 3.63) is 33.8 Å². The first-order chi connectivity index (χ1) is 8.61. The first-order valence-corrected chi connectivity index (χ1v) is 6.87. The summed E-state index contributed by atoms with van der Waals surface area (Å²) in [6.45, 7) is 6.06. The van der Waals surface area contributed by atoms with E-state index in [2.05, 4.69) is 44.4 Å². The summed E-state index contributed by atoms with van der Waals surface area (Å²) >= 11 is 1.71. The lowest BCUT2D eigenvalue weighted by Gasteiger charge is -2.17. The summed E-state index contributed by atoms with van der Waals surface area (Å²) < 4.78 is 0. The van der Waals surface area contributed by atoms with Crippen molar-refractivity contribution in [2.45, 2.75) is 26.8 Å². The Morgan fingerprint density at radius 1 is 1.22 bits per heavy atom. The maximum atomic E-state index is 4.47. The smallest absolute Gasteiger partial charge is 0.135 e. The van der Waals surface area contributed by atoms with Gasteiger partial charge in [0.25, 0.3) is 0 Å². The monoisotopic (exact) mass is 262 g/mol. The van der Waals surface area contributed by atoms with Crippen molar-refractivity contribution >= 4 is 23.0 Å².